The highest BCUT2D eigenvalue weighted by Crippen LogP contribution is 2.30. The van der Waals surface area contributed by atoms with Gasteiger partial charge in [-0.25, -0.2) is 4.98 Å². The van der Waals surface area contributed by atoms with E-state index in [1.807, 2.05) is 29.3 Å². The summed E-state index contributed by atoms with van der Waals surface area (Å²) in [7, 11) is 0. The van der Waals surface area contributed by atoms with Crippen LogP contribution in [-0.2, 0) is 6.54 Å². The van der Waals surface area contributed by atoms with Gasteiger partial charge in [0.05, 0.1) is 11.9 Å². The molecule has 0 radical (unpaired) electrons. The number of aromatic nitrogens is 1. The Morgan fingerprint density at radius 1 is 1.43 bits per heavy atom. The van der Waals surface area contributed by atoms with Crippen molar-refractivity contribution in [3.8, 4) is 0 Å². The van der Waals surface area contributed by atoms with Gasteiger partial charge in [-0.2, -0.15) is 11.3 Å². The number of thiophene rings is 1. The van der Waals surface area contributed by atoms with Crippen LogP contribution in [0.1, 0.15) is 35.8 Å². The van der Waals surface area contributed by atoms with Crippen LogP contribution in [0.15, 0.2) is 35.2 Å². The number of carbonyl (C=O) groups is 1. The molecule has 0 atom stereocenters. The molecule has 1 saturated carbocycles. The average Bonchev–Trinajstić information content (AvgIpc) is 3.22. The minimum Gasteiger partial charge on any atom is -0.384 e. The molecule has 5 heteroatoms. The van der Waals surface area contributed by atoms with Gasteiger partial charge in [0.1, 0.15) is 5.69 Å². The largest absolute Gasteiger partial charge is 0.384 e. The first-order valence-electron chi connectivity index (χ1n) is 7.30. The Morgan fingerprint density at radius 3 is 2.86 bits per heavy atom. The van der Waals surface area contributed by atoms with Crippen molar-refractivity contribution in [1.29, 1.82) is 0 Å². The molecule has 4 nitrogen and oxygen atoms in total. The predicted molar refractivity (Wildman–Crippen MR) is 85.6 cm³/mol. The minimum atomic E-state index is 0.0340. The van der Waals surface area contributed by atoms with Crippen molar-refractivity contribution in [3.05, 3.63) is 46.4 Å². The fraction of sp³-hybridized carbons (Fsp3) is 0.375. The summed E-state index contributed by atoms with van der Waals surface area (Å²) in [5, 5.41) is 7.34. The molecule has 21 heavy (non-hydrogen) atoms. The number of rotatable bonds is 6. The maximum atomic E-state index is 12.7. The Hall–Kier alpha value is -1.88. The molecule has 1 fully saturated rings. The highest BCUT2D eigenvalue weighted by atomic mass is 32.1. The summed E-state index contributed by atoms with van der Waals surface area (Å²) in [5.74, 6) is 0.0340. The van der Waals surface area contributed by atoms with E-state index in [1.165, 1.54) is 5.56 Å². The predicted octanol–water partition coefficient (Wildman–Crippen LogP) is 3.38. The SMILES string of the molecule is CCNc1ccc(C(=O)N(Cc2ccsc2)C2CC2)nc1. The number of anilines is 1. The molecule has 2 aromatic rings. The molecular formula is C16H19N3OS. The fourth-order valence-electron chi connectivity index (χ4n) is 2.31. The van der Waals surface area contributed by atoms with Gasteiger partial charge in [-0.05, 0) is 54.3 Å². The first-order valence-corrected chi connectivity index (χ1v) is 8.24. The average molecular weight is 301 g/mol. The zero-order chi connectivity index (χ0) is 14.7. The van der Waals surface area contributed by atoms with Gasteiger partial charge in [0.15, 0.2) is 0 Å². The molecule has 110 valence electrons. The van der Waals surface area contributed by atoms with Gasteiger partial charge in [0, 0.05) is 19.1 Å². The Morgan fingerprint density at radius 2 is 2.29 bits per heavy atom. The number of carbonyl (C=O) groups excluding carboxylic acids is 1. The van der Waals surface area contributed by atoms with Gasteiger partial charge in [0.25, 0.3) is 5.91 Å². The lowest BCUT2D eigenvalue weighted by Gasteiger charge is -2.21. The molecule has 3 rings (SSSR count). The van der Waals surface area contributed by atoms with Crippen molar-refractivity contribution < 1.29 is 4.79 Å². The lowest BCUT2D eigenvalue weighted by Crippen LogP contribution is -2.33. The Bertz CT molecular complexity index is 590. The Kier molecular flexibility index (Phi) is 4.20. The molecule has 2 aromatic heterocycles. The maximum absolute atomic E-state index is 12.7. The van der Waals surface area contributed by atoms with Gasteiger partial charge >= 0.3 is 0 Å². The van der Waals surface area contributed by atoms with E-state index in [0.717, 1.165) is 25.1 Å². The second-order valence-corrected chi connectivity index (χ2v) is 6.04. The molecule has 0 aliphatic heterocycles. The van der Waals surface area contributed by atoms with Gasteiger partial charge < -0.3 is 10.2 Å². The molecule has 0 spiro atoms. The van der Waals surface area contributed by atoms with Crippen molar-refractivity contribution >= 4 is 22.9 Å². The monoisotopic (exact) mass is 301 g/mol. The van der Waals surface area contributed by atoms with Gasteiger partial charge in [-0.15, -0.1) is 0 Å². The number of hydrogen-bond donors (Lipinski definition) is 1. The van der Waals surface area contributed by atoms with Crippen LogP contribution in [0, 0.1) is 0 Å². The van der Waals surface area contributed by atoms with Crippen LogP contribution in [-0.4, -0.2) is 28.4 Å². The Labute approximate surface area is 128 Å². The summed E-state index contributed by atoms with van der Waals surface area (Å²) < 4.78 is 0. The van der Waals surface area contributed by atoms with E-state index in [4.69, 9.17) is 0 Å². The van der Waals surface area contributed by atoms with Crippen molar-refractivity contribution in [2.75, 3.05) is 11.9 Å². The molecule has 0 unspecified atom stereocenters. The summed E-state index contributed by atoms with van der Waals surface area (Å²) in [6.45, 7) is 3.57. The molecule has 1 aliphatic rings. The topological polar surface area (TPSA) is 45.2 Å². The third-order valence-electron chi connectivity index (χ3n) is 3.55. The number of pyridine rings is 1. The highest BCUT2D eigenvalue weighted by molar-refractivity contribution is 7.07. The molecule has 0 saturated heterocycles. The summed E-state index contributed by atoms with van der Waals surface area (Å²) in [6, 6.07) is 6.19. The van der Waals surface area contributed by atoms with Crippen LogP contribution >= 0.6 is 11.3 Å². The van der Waals surface area contributed by atoms with Crippen molar-refractivity contribution in [2.45, 2.75) is 32.4 Å². The zero-order valence-electron chi connectivity index (χ0n) is 12.1. The van der Waals surface area contributed by atoms with E-state index in [0.29, 0.717) is 18.3 Å². The summed E-state index contributed by atoms with van der Waals surface area (Å²) in [6.07, 6.45) is 3.93. The van der Waals surface area contributed by atoms with Crippen LogP contribution in [0.3, 0.4) is 0 Å². The second-order valence-electron chi connectivity index (χ2n) is 5.26. The lowest BCUT2D eigenvalue weighted by molar-refractivity contribution is 0.0724. The van der Waals surface area contributed by atoms with E-state index < -0.39 is 0 Å². The standard InChI is InChI=1S/C16H19N3OS/c1-2-17-13-3-6-15(18-9-13)16(20)19(14-4-5-14)10-12-7-8-21-11-12/h3,6-9,11,14,17H,2,4-5,10H2,1H3. The minimum absolute atomic E-state index is 0.0340. The van der Waals surface area contributed by atoms with E-state index in [9.17, 15) is 4.79 Å². The van der Waals surface area contributed by atoms with Crippen LogP contribution < -0.4 is 5.32 Å². The maximum Gasteiger partial charge on any atom is 0.272 e. The lowest BCUT2D eigenvalue weighted by atomic mass is 10.2. The molecular weight excluding hydrogens is 282 g/mol. The molecule has 1 aliphatic carbocycles. The van der Waals surface area contributed by atoms with Crippen molar-refractivity contribution in [3.63, 3.8) is 0 Å². The van der Waals surface area contributed by atoms with E-state index in [2.05, 4.69) is 21.7 Å². The Balaban J connectivity index is 1.74. The van der Waals surface area contributed by atoms with Crippen LogP contribution in [0.2, 0.25) is 0 Å². The van der Waals surface area contributed by atoms with E-state index in [1.54, 1.807) is 17.5 Å². The molecule has 1 amide bonds. The van der Waals surface area contributed by atoms with Crippen LogP contribution in [0.5, 0.6) is 0 Å². The number of hydrogen-bond acceptors (Lipinski definition) is 4. The van der Waals surface area contributed by atoms with Gasteiger partial charge in [0.2, 0.25) is 0 Å². The van der Waals surface area contributed by atoms with Crippen LogP contribution in [0.4, 0.5) is 5.69 Å². The molecule has 0 aromatic carbocycles. The molecule has 0 bridgehead atoms. The highest BCUT2D eigenvalue weighted by Gasteiger charge is 2.33. The third-order valence-corrected chi connectivity index (χ3v) is 4.28. The fourth-order valence-corrected chi connectivity index (χ4v) is 2.97. The van der Waals surface area contributed by atoms with Gasteiger partial charge in [-0.3, -0.25) is 4.79 Å². The van der Waals surface area contributed by atoms with Gasteiger partial charge in [-0.1, -0.05) is 0 Å². The number of amides is 1. The zero-order valence-corrected chi connectivity index (χ0v) is 12.9. The van der Waals surface area contributed by atoms with E-state index in [-0.39, 0.29) is 5.91 Å². The summed E-state index contributed by atoms with van der Waals surface area (Å²) >= 11 is 1.67. The third kappa shape index (κ3) is 3.42. The smallest absolute Gasteiger partial charge is 0.272 e. The summed E-state index contributed by atoms with van der Waals surface area (Å²) in [4.78, 5) is 18.9. The number of nitrogens with one attached hydrogen (secondary N) is 1. The normalized spacial score (nSPS) is 14.0. The quantitative estimate of drug-likeness (QED) is 0.889. The van der Waals surface area contributed by atoms with E-state index >= 15 is 0 Å². The van der Waals surface area contributed by atoms with Crippen molar-refractivity contribution in [2.24, 2.45) is 0 Å². The number of nitrogens with zero attached hydrogens (tertiary/aromatic N) is 2. The second kappa shape index (κ2) is 6.26. The summed E-state index contributed by atoms with van der Waals surface area (Å²) in [5.41, 5.74) is 2.67. The first kappa shape index (κ1) is 14.1. The van der Waals surface area contributed by atoms with Crippen LogP contribution in [0.25, 0.3) is 0 Å². The molecule has 1 N–H and O–H groups in total. The van der Waals surface area contributed by atoms with Crippen molar-refractivity contribution in [1.82, 2.24) is 9.88 Å². The first-order chi connectivity index (χ1) is 10.3. The molecule has 2 heterocycles.